The molecule has 6 heteroatoms. The van der Waals surface area contributed by atoms with Crippen LogP contribution >= 0.6 is 11.5 Å². The Morgan fingerprint density at radius 2 is 2.43 bits per heavy atom. The summed E-state index contributed by atoms with van der Waals surface area (Å²) in [5.41, 5.74) is 0.763. The molecule has 2 heterocycles. The normalized spacial score (nSPS) is 10.4. The molecule has 0 aliphatic rings. The highest BCUT2D eigenvalue weighted by Gasteiger charge is 2.04. The Labute approximate surface area is 84.2 Å². The van der Waals surface area contributed by atoms with Crippen LogP contribution in [-0.4, -0.2) is 19.1 Å². The molecule has 2 aromatic heterocycles. The van der Waals surface area contributed by atoms with E-state index < -0.39 is 0 Å². The lowest BCUT2D eigenvalue weighted by atomic mass is 10.4. The Kier molecular flexibility index (Phi) is 2.36. The summed E-state index contributed by atoms with van der Waals surface area (Å²) in [6.45, 7) is 2.40. The smallest absolute Gasteiger partial charge is 0.269 e. The number of rotatable bonds is 2. The fraction of sp³-hybridized carbons (Fsp3) is 0.250. The van der Waals surface area contributed by atoms with Gasteiger partial charge in [-0.05, 0) is 18.5 Å². The van der Waals surface area contributed by atoms with Crippen molar-refractivity contribution >= 4 is 11.5 Å². The van der Waals surface area contributed by atoms with E-state index in [-0.39, 0.29) is 5.56 Å². The van der Waals surface area contributed by atoms with Crippen LogP contribution in [0.25, 0.3) is 0 Å². The second-order valence-corrected chi connectivity index (χ2v) is 3.66. The lowest BCUT2D eigenvalue weighted by Crippen LogP contribution is -2.19. The molecule has 0 radical (unpaired) electrons. The molecule has 2 rings (SSSR count). The maximum Gasteiger partial charge on any atom is 0.269 e. The Morgan fingerprint density at radius 3 is 3.07 bits per heavy atom. The minimum absolute atomic E-state index is 0.111. The minimum Gasteiger partial charge on any atom is -0.307 e. The molecule has 0 fully saturated rings. The molecule has 72 valence electrons. The Bertz CT molecular complexity index is 490. The zero-order valence-corrected chi connectivity index (χ0v) is 8.36. The van der Waals surface area contributed by atoms with E-state index in [1.54, 1.807) is 17.0 Å². The Hall–Kier alpha value is -1.56. The van der Waals surface area contributed by atoms with Crippen LogP contribution in [0.4, 0.5) is 0 Å². The molecular formula is C8H8N4OS. The van der Waals surface area contributed by atoms with Crippen molar-refractivity contribution in [3.8, 4) is 0 Å². The molecule has 0 spiro atoms. The third-order valence-electron chi connectivity index (χ3n) is 1.86. The summed E-state index contributed by atoms with van der Waals surface area (Å²) in [5.74, 6) is 0. The van der Waals surface area contributed by atoms with Crippen LogP contribution in [0.1, 0.15) is 10.6 Å². The predicted octanol–water partition coefficient (Wildman–Crippen LogP) is 0.452. The monoisotopic (exact) mass is 208 g/mol. The topological polar surface area (TPSA) is 60.7 Å². The van der Waals surface area contributed by atoms with E-state index in [4.69, 9.17) is 0 Å². The zero-order chi connectivity index (χ0) is 9.97. The minimum atomic E-state index is -0.111. The molecule has 5 nitrogen and oxygen atoms in total. The van der Waals surface area contributed by atoms with E-state index in [2.05, 4.69) is 14.6 Å². The molecule has 0 N–H and O–H groups in total. The van der Waals surface area contributed by atoms with Crippen molar-refractivity contribution in [1.82, 2.24) is 19.1 Å². The quantitative estimate of drug-likeness (QED) is 0.719. The van der Waals surface area contributed by atoms with Crippen molar-refractivity contribution in [2.24, 2.45) is 0 Å². The number of aromatic nitrogens is 4. The van der Waals surface area contributed by atoms with E-state index in [0.29, 0.717) is 6.54 Å². The summed E-state index contributed by atoms with van der Waals surface area (Å²) in [4.78, 5) is 16.1. The fourth-order valence-corrected chi connectivity index (χ4v) is 1.69. The summed E-state index contributed by atoms with van der Waals surface area (Å²) >= 11 is 1.31. The number of hydrogen-bond acceptors (Lipinski definition) is 5. The van der Waals surface area contributed by atoms with E-state index >= 15 is 0 Å². The summed E-state index contributed by atoms with van der Waals surface area (Å²) in [7, 11) is 0. The lowest BCUT2D eigenvalue weighted by molar-refractivity contribution is 0.752. The van der Waals surface area contributed by atoms with E-state index in [1.165, 1.54) is 17.7 Å². The first-order chi connectivity index (χ1) is 6.77. The van der Waals surface area contributed by atoms with Gasteiger partial charge in [0.15, 0.2) is 0 Å². The predicted molar refractivity (Wildman–Crippen MR) is 52.2 cm³/mol. The highest BCUT2D eigenvalue weighted by Crippen LogP contribution is 2.09. The van der Waals surface area contributed by atoms with Gasteiger partial charge in [-0.3, -0.25) is 9.78 Å². The van der Waals surface area contributed by atoms with Gasteiger partial charge >= 0.3 is 0 Å². The molecule has 14 heavy (non-hydrogen) atoms. The van der Waals surface area contributed by atoms with Gasteiger partial charge in [-0.2, -0.15) is 0 Å². The average molecular weight is 208 g/mol. The molecule has 0 unspecified atom stereocenters. The Balaban J connectivity index is 2.32. The highest BCUT2D eigenvalue weighted by atomic mass is 32.1. The van der Waals surface area contributed by atoms with Crippen LogP contribution in [0.3, 0.4) is 0 Å². The van der Waals surface area contributed by atoms with Gasteiger partial charge in [-0.1, -0.05) is 4.49 Å². The van der Waals surface area contributed by atoms with Gasteiger partial charge in [0.25, 0.3) is 5.56 Å². The van der Waals surface area contributed by atoms with Gasteiger partial charge in [0.2, 0.25) is 0 Å². The van der Waals surface area contributed by atoms with Crippen LogP contribution < -0.4 is 5.56 Å². The first kappa shape index (κ1) is 9.01. The van der Waals surface area contributed by atoms with Crippen LogP contribution in [0.5, 0.6) is 0 Å². The first-order valence-corrected chi connectivity index (χ1v) is 4.83. The van der Waals surface area contributed by atoms with Crippen molar-refractivity contribution in [3.05, 3.63) is 39.5 Å². The molecular weight excluding hydrogens is 200 g/mol. The van der Waals surface area contributed by atoms with Gasteiger partial charge < -0.3 is 4.57 Å². The van der Waals surface area contributed by atoms with Gasteiger partial charge in [0.1, 0.15) is 0 Å². The molecule has 0 saturated carbocycles. The van der Waals surface area contributed by atoms with Crippen molar-refractivity contribution in [2.45, 2.75) is 13.5 Å². The largest absolute Gasteiger partial charge is 0.307 e. The molecule has 0 aliphatic heterocycles. The van der Waals surface area contributed by atoms with Crippen LogP contribution in [0.2, 0.25) is 0 Å². The summed E-state index contributed by atoms with van der Waals surface area (Å²) in [6, 6.07) is 0. The van der Waals surface area contributed by atoms with Crippen molar-refractivity contribution in [1.29, 1.82) is 0 Å². The van der Waals surface area contributed by atoms with Crippen molar-refractivity contribution in [2.75, 3.05) is 0 Å². The number of aryl methyl sites for hydroxylation is 1. The Morgan fingerprint density at radius 1 is 1.57 bits per heavy atom. The second kappa shape index (κ2) is 3.67. The molecule has 0 aromatic carbocycles. The maximum atomic E-state index is 11.3. The van der Waals surface area contributed by atoms with Crippen molar-refractivity contribution < 1.29 is 0 Å². The van der Waals surface area contributed by atoms with Gasteiger partial charge in [0.05, 0.1) is 23.3 Å². The van der Waals surface area contributed by atoms with Gasteiger partial charge in [-0.25, -0.2) is 0 Å². The van der Waals surface area contributed by atoms with Crippen LogP contribution in [0, 0.1) is 6.92 Å². The molecule has 0 bridgehead atoms. The maximum absolute atomic E-state index is 11.3. The molecule has 0 aliphatic carbocycles. The summed E-state index contributed by atoms with van der Waals surface area (Å²) < 4.78 is 5.39. The molecule has 2 aromatic rings. The summed E-state index contributed by atoms with van der Waals surface area (Å²) in [6.07, 6.45) is 4.54. The molecule has 0 saturated heterocycles. The standard InChI is InChI=1S/C8H8N4OS/c1-6-7(14-11-10-6)5-12-3-2-9-4-8(12)13/h2-4H,5H2,1H3. The fourth-order valence-electron chi connectivity index (χ4n) is 1.05. The van der Waals surface area contributed by atoms with Gasteiger partial charge in [-0.15, -0.1) is 5.10 Å². The van der Waals surface area contributed by atoms with E-state index in [0.717, 1.165) is 10.6 Å². The van der Waals surface area contributed by atoms with Crippen LogP contribution in [-0.2, 0) is 6.54 Å². The first-order valence-electron chi connectivity index (χ1n) is 4.05. The average Bonchev–Trinajstić information content (AvgIpc) is 2.56. The number of nitrogens with zero attached hydrogens (tertiary/aromatic N) is 4. The zero-order valence-electron chi connectivity index (χ0n) is 7.54. The third-order valence-corrected chi connectivity index (χ3v) is 2.67. The van der Waals surface area contributed by atoms with Crippen LogP contribution in [0.15, 0.2) is 23.4 Å². The molecule has 0 atom stereocenters. The van der Waals surface area contributed by atoms with E-state index in [1.807, 2.05) is 6.92 Å². The third kappa shape index (κ3) is 1.69. The van der Waals surface area contributed by atoms with Gasteiger partial charge in [0, 0.05) is 12.4 Å². The van der Waals surface area contributed by atoms with E-state index in [9.17, 15) is 4.79 Å². The second-order valence-electron chi connectivity index (χ2n) is 2.82. The highest BCUT2D eigenvalue weighted by molar-refractivity contribution is 7.05. The number of hydrogen-bond donors (Lipinski definition) is 0. The molecule has 0 amide bonds. The SMILES string of the molecule is Cc1nnsc1Cn1ccncc1=O. The van der Waals surface area contributed by atoms with Crippen molar-refractivity contribution in [3.63, 3.8) is 0 Å². The summed E-state index contributed by atoms with van der Waals surface area (Å²) in [5, 5.41) is 3.88. The lowest BCUT2D eigenvalue weighted by Gasteiger charge is -2.01.